The molecule has 1 aliphatic heterocycles. The Morgan fingerprint density at radius 1 is 1.45 bits per heavy atom. The number of nitrogens with zero attached hydrogens (tertiary/aromatic N) is 3. The highest BCUT2D eigenvalue weighted by Crippen LogP contribution is 2.22. The first-order chi connectivity index (χ1) is 10.5. The molecule has 0 unspecified atom stereocenters. The molecule has 0 radical (unpaired) electrons. The molecule has 2 atom stereocenters. The van der Waals surface area contributed by atoms with Crippen molar-refractivity contribution in [1.82, 2.24) is 14.3 Å². The summed E-state index contributed by atoms with van der Waals surface area (Å²) in [6.45, 7) is 2.30. The van der Waals surface area contributed by atoms with Crippen molar-refractivity contribution in [2.24, 2.45) is 5.73 Å². The maximum atomic E-state index is 12.7. The average Bonchev–Trinajstić information content (AvgIpc) is 3.09. The Morgan fingerprint density at radius 2 is 2.23 bits per heavy atom. The summed E-state index contributed by atoms with van der Waals surface area (Å²) in [6, 6.07) is 3.18. The summed E-state index contributed by atoms with van der Waals surface area (Å²) < 4.78 is 7.04. The van der Waals surface area contributed by atoms with Crippen molar-refractivity contribution in [3.63, 3.8) is 0 Å². The Labute approximate surface area is 127 Å². The largest absolute Gasteiger partial charge is 0.380 e. The quantitative estimate of drug-likeness (QED) is 0.886. The molecule has 116 valence electrons. The third kappa shape index (κ3) is 2.43. The first kappa shape index (κ1) is 14.5. The summed E-state index contributed by atoms with van der Waals surface area (Å²) in [5, 5.41) is 0. The Hall–Kier alpha value is -2.41. The smallest absolute Gasteiger partial charge is 0.274 e. The third-order valence-corrected chi connectivity index (χ3v) is 4.02. The van der Waals surface area contributed by atoms with Crippen molar-refractivity contribution in [3.05, 3.63) is 35.8 Å². The molecule has 2 aromatic rings. The SMILES string of the molecule is CO[C@H]1C[C@@H](C(N)=O)N(C(=O)c2cn3ccc(C)cc3n2)C1. The fourth-order valence-corrected chi connectivity index (χ4v) is 2.80. The monoisotopic (exact) mass is 302 g/mol. The molecule has 0 bridgehead atoms. The van der Waals surface area contributed by atoms with Gasteiger partial charge in [-0.25, -0.2) is 4.98 Å². The number of methoxy groups -OCH3 is 1. The number of nitrogens with two attached hydrogens (primary N) is 1. The zero-order valence-corrected chi connectivity index (χ0v) is 12.5. The summed E-state index contributed by atoms with van der Waals surface area (Å²) in [5.41, 5.74) is 7.46. The molecule has 2 amide bonds. The van der Waals surface area contributed by atoms with Crippen LogP contribution >= 0.6 is 0 Å². The van der Waals surface area contributed by atoms with Gasteiger partial charge in [0.25, 0.3) is 5.91 Å². The van der Waals surface area contributed by atoms with Gasteiger partial charge < -0.3 is 19.8 Å². The summed E-state index contributed by atoms with van der Waals surface area (Å²) in [6.07, 6.45) is 3.75. The van der Waals surface area contributed by atoms with E-state index in [9.17, 15) is 9.59 Å². The number of imidazole rings is 1. The number of primary amides is 1. The fourth-order valence-electron chi connectivity index (χ4n) is 2.80. The van der Waals surface area contributed by atoms with Crippen LogP contribution in [0.1, 0.15) is 22.5 Å². The van der Waals surface area contributed by atoms with Crippen LogP contribution in [0, 0.1) is 6.92 Å². The van der Waals surface area contributed by atoms with Crippen molar-refractivity contribution >= 4 is 17.5 Å². The van der Waals surface area contributed by atoms with Gasteiger partial charge in [0.05, 0.1) is 6.10 Å². The highest BCUT2D eigenvalue weighted by atomic mass is 16.5. The normalized spacial score (nSPS) is 21.5. The molecule has 0 saturated carbocycles. The predicted octanol–water partition coefficient (Wildman–Crippen LogP) is 0.358. The van der Waals surface area contributed by atoms with E-state index in [0.29, 0.717) is 24.3 Å². The van der Waals surface area contributed by atoms with E-state index in [2.05, 4.69) is 4.98 Å². The molecular formula is C15H18N4O3. The van der Waals surface area contributed by atoms with Gasteiger partial charge in [0, 0.05) is 32.5 Å². The molecule has 1 fully saturated rings. The summed E-state index contributed by atoms with van der Waals surface area (Å²) in [4.78, 5) is 30.0. The Bertz CT molecular complexity index is 739. The van der Waals surface area contributed by atoms with E-state index >= 15 is 0 Å². The zero-order valence-electron chi connectivity index (χ0n) is 12.5. The lowest BCUT2D eigenvalue weighted by molar-refractivity contribution is -0.121. The standard InChI is InChI=1S/C15H18N4O3/c1-9-3-4-18-8-11(17-13(18)5-9)15(21)19-7-10(22-2)6-12(19)14(16)20/h3-5,8,10,12H,6-7H2,1-2H3,(H2,16,20)/t10-,12-/m0/s1. The first-order valence-electron chi connectivity index (χ1n) is 7.08. The van der Waals surface area contributed by atoms with Crippen molar-refractivity contribution in [3.8, 4) is 0 Å². The minimum absolute atomic E-state index is 0.180. The van der Waals surface area contributed by atoms with E-state index in [1.165, 1.54) is 4.90 Å². The van der Waals surface area contributed by atoms with Crippen molar-refractivity contribution < 1.29 is 14.3 Å². The second-order valence-corrected chi connectivity index (χ2v) is 5.56. The molecule has 0 aromatic carbocycles. The minimum atomic E-state index is -0.649. The zero-order chi connectivity index (χ0) is 15.9. The van der Waals surface area contributed by atoms with Gasteiger partial charge in [-0.15, -0.1) is 0 Å². The third-order valence-electron chi connectivity index (χ3n) is 4.02. The second-order valence-electron chi connectivity index (χ2n) is 5.56. The number of pyridine rings is 1. The number of hydrogen-bond donors (Lipinski definition) is 1. The van der Waals surface area contributed by atoms with Crippen LogP contribution in [0.3, 0.4) is 0 Å². The van der Waals surface area contributed by atoms with E-state index < -0.39 is 11.9 Å². The number of ether oxygens (including phenoxy) is 1. The van der Waals surface area contributed by atoms with Crippen LogP contribution in [0.5, 0.6) is 0 Å². The molecular weight excluding hydrogens is 284 g/mol. The second kappa shape index (κ2) is 5.42. The first-order valence-corrected chi connectivity index (χ1v) is 7.08. The van der Waals surface area contributed by atoms with Crippen molar-refractivity contribution in [2.75, 3.05) is 13.7 Å². The number of aromatic nitrogens is 2. The van der Waals surface area contributed by atoms with Crippen LogP contribution in [0.25, 0.3) is 5.65 Å². The molecule has 3 rings (SSSR count). The van der Waals surface area contributed by atoms with E-state index in [1.807, 2.05) is 25.3 Å². The molecule has 2 aromatic heterocycles. The molecule has 1 aliphatic rings. The fraction of sp³-hybridized carbons (Fsp3) is 0.400. The van der Waals surface area contributed by atoms with Crippen molar-refractivity contribution in [2.45, 2.75) is 25.5 Å². The van der Waals surface area contributed by atoms with Crippen LogP contribution in [0.4, 0.5) is 0 Å². The van der Waals surface area contributed by atoms with Gasteiger partial charge in [0.1, 0.15) is 17.4 Å². The Kier molecular flexibility index (Phi) is 3.58. The molecule has 1 saturated heterocycles. The van der Waals surface area contributed by atoms with Crippen LogP contribution < -0.4 is 5.73 Å². The van der Waals surface area contributed by atoms with E-state index in [1.54, 1.807) is 17.7 Å². The van der Waals surface area contributed by atoms with Gasteiger partial charge >= 0.3 is 0 Å². The lowest BCUT2D eigenvalue weighted by Crippen LogP contribution is -2.43. The number of hydrogen-bond acceptors (Lipinski definition) is 4. The predicted molar refractivity (Wildman–Crippen MR) is 79.4 cm³/mol. The topological polar surface area (TPSA) is 89.9 Å². The number of aryl methyl sites for hydroxylation is 1. The summed E-state index contributed by atoms with van der Waals surface area (Å²) in [5.74, 6) is -0.822. The molecule has 3 heterocycles. The average molecular weight is 302 g/mol. The number of fused-ring (bicyclic) bond motifs is 1. The number of rotatable bonds is 3. The van der Waals surface area contributed by atoms with Crippen molar-refractivity contribution in [1.29, 1.82) is 0 Å². The van der Waals surface area contributed by atoms with Crippen LogP contribution in [0.2, 0.25) is 0 Å². The van der Waals surface area contributed by atoms with Crippen LogP contribution in [-0.2, 0) is 9.53 Å². The Morgan fingerprint density at radius 3 is 2.91 bits per heavy atom. The molecule has 0 aliphatic carbocycles. The number of carbonyl (C=O) groups is 2. The van der Waals surface area contributed by atoms with Crippen LogP contribution in [-0.4, -0.2) is 51.9 Å². The molecule has 7 nitrogen and oxygen atoms in total. The number of amides is 2. The Balaban J connectivity index is 1.92. The summed E-state index contributed by atoms with van der Waals surface area (Å²) >= 11 is 0. The van der Waals surface area contributed by atoms with Gasteiger partial charge in [-0.3, -0.25) is 9.59 Å². The molecule has 7 heteroatoms. The highest BCUT2D eigenvalue weighted by molar-refractivity contribution is 5.96. The van der Waals surface area contributed by atoms with E-state index in [0.717, 1.165) is 5.56 Å². The number of likely N-dealkylation sites (tertiary alicyclic amines) is 1. The maximum absolute atomic E-state index is 12.7. The van der Waals surface area contributed by atoms with Gasteiger partial charge in [-0.1, -0.05) is 0 Å². The van der Waals surface area contributed by atoms with Gasteiger partial charge in [0.2, 0.25) is 5.91 Å². The lowest BCUT2D eigenvalue weighted by atomic mass is 10.2. The van der Waals surface area contributed by atoms with Crippen LogP contribution in [0.15, 0.2) is 24.5 Å². The number of carbonyl (C=O) groups excluding carboxylic acids is 2. The van der Waals surface area contributed by atoms with Gasteiger partial charge in [-0.2, -0.15) is 0 Å². The van der Waals surface area contributed by atoms with Gasteiger partial charge in [0.15, 0.2) is 0 Å². The molecule has 0 spiro atoms. The van der Waals surface area contributed by atoms with E-state index in [4.69, 9.17) is 10.5 Å². The van der Waals surface area contributed by atoms with Gasteiger partial charge in [-0.05, 0) is 24.6 Å². The highest BCUT2D eigenvalue weighted by Gasteiger charge is 2.39. The van der Waals surface area contributed by atoms with E-state index in [-0.39, 0.29) is 12.0 Å². The summed E-state index contributed by atoms with van der Waals surface area (Å²) in [7, 11) is 1.56. The maximum Gasteiger partial charge on any atom is 0.274 e. The molecule has 2 N–H and O–H groups in total. The molecule has 22 heavy (non-hydrogen) atoms. The minimum Gasteiger partial charge on any atom is -0.380 e. The lowest BCUT2D eigenvalue weighted by Gasteiger charge is -2.20.